The topological polar surface area (TPSA) is 38.7 Å². The normalized spacial score (nSPS) is 21.4. The largest absolute Gasteiger partial charge is 0.493 e. The van der Waals surface area contributed by atoms with E-state index in [1.807, 2.05) is 24.3 Å². The first-order chi connectivity index (χ1) is 8.25. The van der Waals surface area contributed by atoms with Gasteiger partial charge in [-0.1, -0.05) is 12.1 Å². The van der Waals surface area contributed by atoms with Gasteiger partial charge < -0.3 is 14.6 Å². The zero-order valence-electron chi connectivity index (χ0n) is 10.3. The Morgan fingerprint density at radius 2 is 2.41 bits per heavy atom. The van der Waals surface area contributed by atoms with Crippen molar-refractivity contribution in [3.63, 3.8) is 0 Å². The van der Waals surface area contributed by atoms with E-state index >= 15 is 0 Å². The summed E-state index contributed by atoms with van der Waals surface area (Å²) < 4.78 is 11.2. The SMILES string of the molecule is CC(O)c1cccc(OCCC2CCCO2)c1. The summed E-state index contributed by atoms with van der Waals surface area (Å²) >= 11 is 0. The minimum absolute atomic E-state index is 0.370. The third kappa shape index (κ3) is 3.72. The van der Waals surface area contributed by atoms with Crippen molar-refractivity contribution in [2.45, 2.75) is 38.4 Å². The summed E-state index contributed by atoms with van der Waals surface area (Å²) in [6.07, 6.45) is 3.18. The van der Waals surface area contributed by atoms with E-state index in [4.69, 9.17) is 9.47 Å². The second kappa shape index (κ2) is 6.03. The van der Waals surface area contributed by atoms with E-state index in [1.165, 1.54) is 6.42 Å². The molecule has 0 aromatic heterocycles. The van der Waals surface area contributed by atoms with Gasteiger partial charge >= 0.3 is 0 Å². The average molecular weight is 236 g/mol. The Hall–Kier alpha value is -1.06. The number of hydrogen-bond donors (Lipinski definition) is 1. The lowest BCUT2D eigenvalue weighted by atomic mass is 10.1. The molecule has 0 spiro atoms. The lowest BCUT2D eigenvalue weighted by Crippen LogP contribution is -2.10. The van der Waals surface area contributed by atoms with Crippen LogP contribution >= 0.6 is 0 Å². The number of aliphatic hydroxyl groups is 1. The van der Waals surface area contributed by atoms with E-state index in [2.05, 4.69) is 0 Å². The molecule has 2 unspecified atom stereocenters. The summed E-state index contributed by atoms with van der Waals surface area (Å²) in [5.74, 6) is 0.821. The highest BCUT2D eigenvalue weighted by molar-refractivity contribution is 5.29. The lowest BCUT2D eigenvalue weighted by molar-refractivity contribution is 0.0903. The molecule has 1 heterocycles. The fourth-order valence-electron chi connectivity index (χ4n) is 2.04. The molecule has 2 atom stereocenters. The quantitative estimate of drug-likeness (QED) is 0.854. The van der Waals surface area contributed by atoms with Gasteiger partial charge in [-0.25, -0.2) is 0 Å². The molecule has 1 fully saturated rings. The van der Waals surface area contributed by atoms with Crippen LogP contribution in [0.3, 0.4) is 0 Å². The molecular weight excluding hydrogens is 216 g/mol. The first kappa shape index (κ1) is 12.4. The predicted molar refractivity (Wildman–Crippen MR) is 66.2 cm³/mol. The maximum atomic E-state index is 9.47. The fraction of sp³-hybridized carbons (Fsp3) is 0.571. The highest BCUT2D eigenvalue weighted by atomic mass is 16.5. The van der Waals surface area contributed by atoms with E-state index in [9.17, 15) is 5.11 Å². The van der Waals surface area contributed by atoms with E-state index in [0.717, 1.165) is 30.8 Å². The summed E-state index contributed by atoms with van der Waals surface area (Å²) in [7, 11) is 0. The predicted octanol–water partition coefficient (Wildman–Crippen LogP) is 2.69. The molecule has 0 bridgehead atoms. The molecule has 17 heavy (non-hydrogen) atoms. The van der Waals surface area contributed by atoms with Crippen molar-refractivity contribution < 1.29 is 14.6 Å². The Bertz CT molecular complexity index is 343. The summed E-state index contributed by atoms with van der Waals surface area (Å²) in [6.45, 7) is 3.32. The summed E-state index contributed by atoms with van der Waals surface area (Å²) in [6, 6.07) is 7.61. The first-order valence-corrected chi connectivity index (χ1v) is 6.28. The van der Waals surface area contributed by atoms with Crippen LogP contribution in [0.4, 0.5) is 0 Å². The lowest BCUT2D eigenvalue weighted by Gasteiger charge is -2.12. The molecule has 0 aliphatic carbocycles. The monoisotopic (exact) mass is 236 g/mol. The van der Waals surface area contributed by atoms with Crippen LogP contribution in [0.1, 0.15) is 37.9 Å². The molecule has 3 heteroatoms. The Kier molecular flexibility index (Phi) is 4.40. The standard InChI is InChI=1S/C14H20O3/c1-11(15)12-4-2-5-14(10-12)17-9-7-13-6-3-8-16-13/h2,4-5,10-11,13,15H,3,6-9H2,1H3. The zero-order valence-corrected chi connectivity index (χ0v) is 10.3. The van der Waals surface area contributed by atoms with E-state index in [0.29, 0.717) is 12.7 Å². The summed E-state index contributed by atoms with van der Waals surface area (Å²) in [4.78, 5) is 0. The number of benzene rings is 1. The Labute approximate surface area is 102 Å². The number of rotatable bonds is 5. The summed E-state index contributed by atoms with van der Waals surface area (Å²) in [5.41, 5.74) is 0.889. The molecule has 94 valence electrons. The molecule has 2 rings (SSSR count). The second-order valence-corrected chi connectivity index (χ2v) is 4.52. The van der Waals surface area contributed by atoms with Crippen molar-refractivity contribution in [1.82, 2.24) is 0 Å². The molecule has 0 saturated carbocycles. The molecule has 1 aromatic rings. The first-order valence-electron chi connectivity index (χ1n) is 6.28. The second-order valence-electron chi connectivity index (χ2n) is 4.52. The van der Waals surface area contributed by atoms with Crippen molar-refractivity contribution in [1.29, 1.82) is 0 Å². The van der Waals surface area contributed by atoms with Crippen LogP contribution in [0.25, 0.3) is 0 Å². The zero-order chi connectivity index (χ0) is 12.1. The minimum Gasteiger partial charge on any atom is -0.493 e. The molecule has 1 aliphatic heterocycles. The van der Waals surface area contributed by atoms with Crippen molar-refractivity contribution >= 4 is 0 Å². The van der Waals surface area contributed by atoms with Crippen LogP contribution < -0.4 is 4.74 Å². The van der Waals surface area contributed by atoms with Gasteiger partial charge in [-0.15, -0.1) is 0 Å². The molecule has 3 nitrogen and oxygen atoms in total. The average Bonchev–Trinajstić information content (AvgIpc) is 2.82. The van der Waals surface area contributed by atoms with Gasteiger partial charge in [-0.05, 0) is 37.5 Å². The number of ether oxygens (including phenoxy) is 2. The van der Waals surface area contributed by atoms with Crippen LogP contribution in [0.2, 0.25) is 0 Å². The molecule has 1 saturated heterocycles. The van der Waals surface area contributed by atoms with Crippen molar-refractivity contribution in [3.8, 4) is 5.75 Å². The van der Waals surface area contributed by atoms with Gasteiger partial charge in [0, 0.05) is 13.0 Å². The molecule has 1 aliphatic rings. The van der Waals surface area contributed by atoms with Gasteiger partial charge in [0.25, 0.3) is 0 Å². The molecule has 0 amide bonds. The van der Waals surface area contributed by atoms with Crippen molar-refractivity contribution in [2.75, 3.05) is 13.2 Å². The Morgan fingerprint density at radius 3 is 3.12 bits per heavy atom. The smallest absolute Gasteiger partial charge is 0.119 e. The van der Waals surface area contributed by atoms with Crippen molar-refractivity contribution in [3.05, 3.63) is 29.8 Å². The Morgan fingerprint density at radius 1 is 1.53 bits per heavy atom. The molecule has 0 radical (unpaired) electrons. The van der Waals surface area contributed by atoms with Crippen LogP contribution in [0.15, 0.2) is 24.3 Å². The fourth-order valence-corrected chi connectivity index (χ4v) is 2.04. The highest BCUT2D eigenvalue weighted by Crippen LogP contribution is 2.20. The molecular formula is C14H20O3. The molecule has 1 aromatic carbocycles. The van der Waals surface area contributed by atoms with Gasteiger partial charge in [0.1, 0.15) is 5.75 Å². The number of aliphatic hydroxyl groups excluding tert-OH is 1. The maximum absolute atomic E-state index is 9.47. The highest BCUT2D eigenvalue weighted by Gasteiger charge is 2.15. The van der Waals surface area contributed by atoms with Crippen LogP contribution in [0, 0.1) is 0 Å². The van der Waals surface area contributed by atoms with Crippen molar-refractivity contribution in [2.24, 2.45) is 0 Å². The Balaban J connectivity index is 1.79. The van der Waals surface area contributed by atoms with Crippen LogP contribution in [-0.4, -0.2) is 24.4 Å². The maximum Gasteiger partial charge on any atom is 0.119 e. The number of hydrogen-bond acceptors (Lipinski definition) is 3. The van der Waals surface area contributed by atoms with E-state index in [-0.39, 0.29) is 0 Å². The van der Waals surface area contributed by atoms with Crippen LogP contribution in [0.5, 0.6) is 5.75 Å². The van der Waals surface area contributed by atoms with Gasteiger partial charge in [0.2, 0.25) is 0 Å². The third-order valence-electron chi connectivity index (χ3n) is 3.07. The third-order valence-corrected chi connectivity index (χ3v) is 3.07. The van der Waals surface area contributed by atoms with Gasteiger partial charge in [-0.2, -0.15) is 0 Å². The van der Waals surface area contributed by atoms with E-state index in [1.54, 1.807) is 6.92 Å². The van der Waals surface area contributed by atoms with E-state index < -0.39 is 6.10 Å². The van der Waals surface area contributed by atoms with Crippen LogP contribution in [-0.2, 0) is 4.74 Å². The minimum atomic E-state index is -0.447. The van der Waals surface area contributed by atoms with Gasteiger partial charge in [0.15, 0.2) is 0 Å². The van der Waals surface area contributed by atoms with Gasteiger partial charge in [0.05, 0.1) is 18.8 Å². The van der Waals surface area contributed by atoms with Gasteiger partial charge in [-0.3, -0.25) is 0 Å². The molecule has 1 N–H and O–H groups in total. The summed E-state index contributed by atoms with van der Waals surface area (Å²) in [5, 5.41) is 9.47.